The van der Waals surface area contributed by atoms with Crippen LogP contribution in [0.5, 0.6) is 0 Å². The lowest BCUT2D eigenvalue weighted by Crippen LogP contribution is -2.56. The summed E-state index contributed by atoms with van der Waals surface area (Å²) >= 11 is 0. The Morgan fingerprint density at radius 3 is 2.81 bits per heavy atom. The standard InChI is InChI=1S/C13H24N2O5S/c1-2-8-21(18,19)15-5-3-4-12(15)13(17)14-6-7-20-10-11(14)9-16/h11-12,16H,2-10H2,1H3. The maximum Gasteiger partial charge on any atom is 0.241 e. The lowest BCUT2D eigenvalue weighted by molar-refractivity contribution is -0.145. The average molecular weight is 320 g/mol. The number of carbonyl (C=O) groups excluding carboxylic acids is 1. The zero-order valence-electron chi connectivity index (χ0n) is 12.4. The summed E-state index contributed by atoms with van der Waals surface area (Å²) in [5, 5.41) is 9.36. The summed E-state index contributed by atoms with van der Waals surface area (Å²) in [6.07, 6.45) is 1.79. The van der Waals surface area contributed by atoms with E-state index in [-0.39, 0.29) is 24.3 Å². The van der Waals surface area contributed by atoms with Crippen LogP contribution >= 0.6 is 0 Å². The minimum absolute atomic E-state index is 0.0727. The Hall–Kier alpha value is -0.700. The number of nitrogens with zero attached hydrogens (tertiary/aromatic N) is 2. The van der Waals surface area contributed by atoms with Crippen molar-refractivity contribution < 1.29 is 23.1 Å². The quantitative estimate of drug-likeness (QED) is 0.732. The van der Waals surface area contributed by atoms with Gasteiger partial charge in [0.1, 0.15) is 6.04 Å². The molecule has 0 aromatic heterocycles. The highest BCUT2D eigenvalue weighted by Gasteiger charge is 2.41. The molecule has 0 aromatic carbocycles. The maximum atomic E-state index is 12.7. The van der Waals surface area contributed by atoms with Crippen LogP contribution in [0.1, 0.15) is 26.2 Å². The van der Waals surface area contributed by atoms with Crippen molar-refractivity contribution in [2.24, 2.45) is 0 Å². The molecule has 21 heavy (non-hydrogen) atoms. The molecule has 1 N–H and O–H groups in total. The fourth-order valence-corrected chi connectivity index (χ4v) is 4.72. The van der Waals surface area contributed by atoms with Gasteiger partial charge in [-0.2, -0.15) is 4.31 Å². The third-order valence-corrected chi connectivity index (χ3v) is 6.11. The number of sulfonamides is 1. The molecule has 2 saturated heterocycles. The van der Waals surface area contributed by atoms with Gasteiger partial charge in [-0.3, -0.25) is 4.79 Å². The molecule has 2 atom stereocenters. The molecule has 0 spiro atoms. The number of rotatable bonds is 5. The lowest BCUT2D eigenvalue weighted by Gasteiger charge is -2.37. The van der Waals surface area contributed by atoms with E-state index in [0.717, 1.165) is 0 Å². The first-order chi connectivity index (χ1) is 10.0. The molecule has 2 unspecified atom stereocenters. The van der Waals surface area contributed by atoms with Gasteiger partial charge in [0.15, 0.2) is 0 Å². The summed E-state index contributed by atoms with van der Waals surface area (Å²) in [6, 6.07) is -0.990. The van der Waals surface area contributed by atoms with E-state index in [0.29, 0.717) is 45.6 Å². The molecule has 2 rings (SSSR count). The van der Waals surface area contributed by atoms with E-state index in [1.807, 2.05) is 6.92 Å². The van der Waals surface area contributed by atoms with E-state index < -0.39 is 16.1 Å². The number of hydrogen-bond donors (Lipinski definition) is 1. The summed E-state index contributed by atoms with van der Waals surface area (Å²) in [5.41, 5.74) is 0. The van der Waals surface area contributed by atoms with Gasteiger partial charge in [-0.15, -0.1) is 0 Å². The molecule has 2 aliphatic rings. The summed E-state index contributed by atoms with van der Waals surface area (Å²) in [6.45, 7) is 3.19. The van der Waals surface area contributed by atoms with Crippen molar-refractivity contribution in [2.45, 2.75) is 38.3 Å². The summed E-state index contributed by atoms with van der Waals surface area (Å²) in [4.78, 5) is 14.3. The highest BCUT2D eigenvalue weighted by atomic mass is 32.2. The van der Waals surface area contributed by atoms with E-state index >= 15 is 0 Å². The van der Waals surface area contributed by atoms with Gasteiger partial charge in [-0.1, -0.05) is 6.92 Å². The third-order valence-electron chi connectivity index (χ3n) is 4.03. The second kappa shape index (κ2) is 7.04. The fraction of sp³-hybridized carbons (Fsp3) is 0.923. The Bertz CT molecular complexity index is 467. The van der Waals surface area contributed by atoms with Crippen molar-refractivity contribution >= 4 is 15.9 Å². The van der Waals surface area contributed by atoms with Crippen LogP contribution in [0.2, 0.25) is 0 Å². The minimum atomic E-state index is -3.38. The van der Waals surface area contributed by atoms with Crippen LogP contribution in [-0.2, 0) is 19.6 Å². The molecule has 2 heterocycles. The normalized spacial score (nSPS) is 28.0. The first-order valence-electron chi connectivity index (χ1n) is 7.50. The van der Waals surface area contributed by atoms with Gasteiger partial charge in [0, 0.05) is 13.1 Å². The smallest absolute Gasteiger partial charge is 0.241 e. The highest BCUT2D eigenvalue weighted by molar-refractivity contribution is 7.89. The molecule has 0 aromatic rings. The minimum Gasteiger partial charge on any atom is -0.394 e. The highest BCUT2D eigenvalue weighted by Crippen LogP contribution is 2.25. The largest absolute Gasteiger partial charge is 0.394 e. The number of carbonyl (C=O) groups is 1. The predicted molar refractivity (Wildman–Crippen MR) is 77.2 cm³/mol. The number of aliphatic hydroxyl groups excluding tert-OH is 1. The molecular weight excluding hydrogens is 296 g/mol. The average Bonchev–Trinajstić information content (AvgIpc) is 2.96. The number of aliphatic hydroxyl groups is 1. The maximum absolute atomic E-state index is 12.7. The van der Waals surface area contributed by atoms with E-state index in [4.69, 9.17) is 4.74 Å². The Balaban J connectivity index is 2.13. The van der Waals surface area contributed by atoms with E-state index in [1.54, 1.807) is 4.90 Å². The van der Waals surface area contributed by atoms with Gasteiger partial charge >= 0.3 is 0 Å². The predicted octanol–water partition coefficient (Wildman–Crippen LogP) is -0.590. The van der Waals surface area contributed by atoms with Gasteiger partial charge in [0.25, 0.3) is 0 Å². The molecule has 1 amide bonds. The van der Waals surface area contributed by atoms with Crippen LogP contribution < -0.4 is 0 Å². The molecule has 8 heteroatoms. The Morgan fingerprint density at radius 1 is 1.38 bits per heavy atom. The van der Waals surface area contributed by atoms with Gasteiger partial charge in [0.05, 0.1) is 31.6 Å². The van der Waals surface area contributed by atoms with Crippen molar-refractivity contribution in [3.8, 4) is 0 Å². The van der Waals surface area contributed by atoms with Crippen molar-refractivity contribution in [1.82, 2.24) is 9.21 Å². The van der Waals surface area contributed by atoms with Crippen molar-refractivity contribution in [3.63, 3.8) is 0 Å². The molecule has 2 fully saturated rings. The van der Waals surface area contributed by atoms with Crippen LogP contribution in [0, 0.1) is 0 Å². The molecule has 122 valence electrons. The molecule has 0 saturated carbocycles. The van der Waals surface area contributed by atoms with E-state index in [1.165, 1.54) is 4.31 Å². The number of morpholine rings is 1. The van der Waals surface area contributed by atoms with Crippen LogP contribution in [-0.4, -0.2) is 79.4 Å². The number of hydrogen-bond acceptors (Lipinski definition) is 5. The Labute approximate surface area is 125 Å². The lowest BCUT2D eigenvalue weighted by atomic mass is 10.1. The molecular formula is C13H24N2O5S. The monoisotopic (exact) mass is 320 g/mol. The summed E-state index contributed by atoms with van der Waals surface area (Å²) < 4.78 is 31.1. The van der Waals surface area contributed by atoms with Crippen LogP contribution in [0.3, 0.4) is 0 Å². The van der Waals surface area contributed by atoms with Crippen molar-refractivity contribution in [1.29, 1.82) is 0 Å². The Kier molecular flexibility index (Phi) is 5.59. The first-order valence-corrected chi connectivity index (χ1v) is 9.10. The topological polar surface area (TPSA) is 87.2 Å². The third kappa shape index (κ3) is 3.56. The molecule has 0 radical (unpaired) electrons. The molecule has 0 aliphatic carbocycles. The van der Waals surface area contributed by atoms with Gasteiger partial charge in [-0.25, -0.2) is 8.42 Å². The van der Waals surface area contributed by atoms with Crippen molar-refractivity contribution in [3.05, 3.63) is 0 Å². The van der Waals surface area contributed by atoms with E-state index in [9.17, 15) is 18.3 Å². The SMILES string of the molecule is CCCS(=O)(=O)N1CCCC1C(=O)N1CCOCC1CO. The zero-order valence-corrected chi connectivity index (χ0v) is 13.2. The van der Waals surface area contributed by atoms with Gasteiger partial charge in [0.2, 0.25) is 15.9 Å². The van der Waals surface area contributed by atoms with Crippen LogP contribution in [0.4, 0.5) is 0 Å². The Morgan fingerprint density at radius 2 is 2.14 bits per heavy atom. The van der Waals surface area contributed by atoms with E-state index in [2.05, 4.69) is 0 Å². The zero-order chi connectivity index (χ0) is 15.5. The molecule has 0 bridgehead atoms. The second-order valence-electron chi connectivity index (χ2n) is 5.53. The first kappa shape index (κ1) is 16.7. The second-order valence-corrected chi connectivity index (χ2v) is 7.57. The van der Waals surface area contributed by atoms with Gasteiger partial charge in [-0.05, 0) is 19.3 Å². The fourth-order valence-electron chi connectivity index (χ4n) is 2.98. The summed E-state index contributed by atoms with van der Waals surface area (Å²) in [5.74, 6) is -0.127. The van der Waals surface area contributed by atoms with Crippen LogP contribution in [0.25, 0.3) is 0 Å². The number of amides is 1. The summed E-state index contributed by atoms with van der Waals surface area (Å²) in [7, 11) is -3.38. The van der Waals surface area contributed by atoms with Crippen LogP contribution in [0.15, 0.2) is 0 Å². The van der Waals surface area contributed by atoms with Crippen molar-refractivity contribution in [2.75, 3.05) is 38.7 Å². The number of ether oxygens (including phenoxy) is 1. The van der Waals surface area contributed by atoms with Gasteiger partial charge < -0.3 is 14.7 Å². The molecule has 7 nitrogen and oxygen atoms in total. The molecule has 2 aliphatic heterocycles.